The minimum Gasteiger partial charge on any atom is -0.388 e. The van der Waals surface area contributed by atoms with Crippen molar-refractivity contribution in [3.63, 3.8) is 0 Å². The zero-order valence-corrected chi connectivity index (χ0v) is 8.59. The standard InChI is InChI=1S/C9H15FO5/c1-9(2)14-7-5(12)6(4(11)3-10)13-8(7)15-9/h4-8,11-12H,3H2,1-2H3/t4-,5+,6-,7-,8-/m1/s1. The second kappa shape index (κ2) is 3.64. The number of rotatable bonds is 2. The topological polar surface area (TPSA) is 68.2 Å². The maximum atomic E-state index is 12.2. The second-order valence-corrected chi connectivity index (χ2v) is 4.28. The van der Waals surface area contributed by atoms with Gasteiger partial charge in [0.25, 0.3) is 0 Å². The molecule has 0 aliphatic carbocycles. The Kier molecular flexibility index (Phi) is 2.72. The van der Waals surface area contributed by atoms with E-state index < -0.39 is 43.2 Å². The smallest absolute Gasteiger partial charge is 0.190 e. The lowest BCUT2D eigenvalue weighted by Crippen LogP contribution is -2.41. The third kappa shape index (κ3) is 1.88. The molecule has 0 aromatic carbocycles. The van der Waals surface area contributed by atoms with Crippen LogP contribution in [0.25, 0.3) is 0 Å². The van der Waals surface area contributed by atoms with Gasteiger partial charge in [-0.3, -0.25) is 0 Å². The van der Waals surface area contributed by atoms with E-state index in [9.17, 15) is 14.6 Å². The van der Waals surface area contributed by atoms with E-state index in [-0.39, 0.29) is 0 Å². The summed E-state index contributed by atoms with van der Waals surface area (Å²) in [4.78, 5) is 0. The van der Waals surface area contributed by atoms with Crippen LogP contribution in [0.5, 0.6) is 0 Å². The van der Waals surface area contributed by atoms with Crippen molar-refractivity contribution in [2.24, 2.45) is 0 Å². The van der Waals surface area contributed by atoms with Crippen molar-refractivity contribution in [3.8, 4) is 0 Å². The maximum Gasteiger partial charge on any atom is 0.190 e. The van der Waals surface area contributed by atoms with E-state index in [1.54, 1.807) is 13.8 Å². The fraction of sp³-hybridized carbons (Fsp3) is 1.00. The molecule has 0 bridgehead atoms. The molecule has 0 unspecified atom stereocenters. The summed E-state index contributed by atoms with van der Waals surface area (Å²) in [5.74, 6) is -0.818. The predicted octanol–water partition coefficient (Wildman–Crippen LogP) is -0.446. The average Bonchev–Trinajstić information content (AvgIpc) is 2.60. The minimum atomic E-state index is -1.35. The summed E-state index contributed by atoms with van der Waals surface area (Å²) >= 11 is 0. The minimum absolute atomic E-state index is 0.661. The van der Waals surface area contributed by atoms with E-state index in [2.05, 4.69) is 0 Å². The van der Waals surface area contributed by atoms with Crippen molar-refractivity contribution in [1.82, 2.24) is 0 Å². The van der Waals surface area contributed by atoms with Crippen molar-refractivity contribution in [1.29, 1.82) is 0 Å². The van der Waals surface area contributed by atoms with Crippen LogP contribution in [0.2, 0.25) is 0 Å². The summed E-state index contributed by atoms with van der Waals surface area (Å²) in [6, 6.07) is 0. The lowest BCUT2D eigenvalue weighted by molar-refractivity contribution is -0.226. The van der Waals surface area contributed by atoms with Gasteiger partial charge in [-0.05, 0) is 13.8 Å². The molecule has 2 heterocycles. The quantitative estimate of drug-likeness (QED) is 0.662. The van der Waals surface area contributed by atoms with Crippen LogP contribution in [0.1, 0.15) is 13.8 Å². The van der Waals surface area contributed by atoms with E-state index in [4.69, 9.17) is 14.2 Å². The summed E-state index contributed by atoms with van der Waals surface area (Å²) in [6.07, 6.45) is -4.79. The molecule has 6 heteroatoms. The molecule has 0 aromatic rings. The number of hydrogen-bond donors (Lipinski definition) is 2. The highest BCUT2D eigenvalue weighted by atomic mass is 19.1. The highest BCUT2D eigenvalue weighted by Crippen LogP contribution is 2.38. The van der Waals surface area contributed by atoms with E-state index in [0.717, 1.165) is 0 Å². The van der Waals surface area contributed by atoms with Crippen LogP contribution in [-0.4, -0.2) is 53.4 Å². The first-order valence-electron chi connectivity index (χ1n) is 4.88. The Hall–Kier alpha value is -0.270. The fourth-order valence-corrected chi connectivity index (χ4v) is 1.92. The molecule has 5 nitrogen and oxygen atoms in total. The zero-order valence-electron chi connectivity index (χ0n) is 8.59. The molecule has 0 aromatic heterocycles. The molecular weight excluding hydrogens is 207 g/mol. The van der Waals surface area contributed by atoms with E-state index >= 15 is 0 Å². The van der Waals surface area contributed by atoms with Crippen molar-refractivity contribution < 1.29 is 28.8 Å². The number of fused-ring (bicyclic) bond motifs is 1. The average molecular weight is 222 g/mol. The molecule has 5 atom stereocenters. The number of alkyl halides is 1. The summed E-state index contributed by atoms with van der Waals surface area (Å²) in [5, 5.41) is 19.0. The van der Waals surface area contributed by atoms with Gasteiger partial charge in [-0.15, -0.1) is 0 Å². The van der Waals surface area contributed by atoms with Crippen LogP contribution in [0.4, 0.5) is 4.39 Å². The monoisotopic (exact) mass is 222 g/mol. The Morgan fingerprint density at radius 3 is 2.60 bits per heavy atom. The van der Waals surface area contributed by atoms with Gasteiger partial charge >= 0.3 is 0 Å². The molecule has 0 spiro atoms. The van der Waals surface area contributed by atoms with Gasteiger partial charge in [0.2, 0.25) is 0 Å². The van der Waals surface area contributed by atoms with Gasteiger partial charge in [0.15, 0.2) is 12.1 Å². The highest BCUT2D eigenvalue weighted by Gasteiger charge is 2.55. The lowest BCUT2D eigenvalue weighted by atomic mass is 10.1. The molecule has 2 N–H and O–H groups in total. The van der Waals surface area contributed by atoms with Crippen LogP contribution < -0.4 is 0 Å². The first-order valence-corrected chi connectivity index (χ1v) is 4.88. The van der Waals surface area contributed by atoms with Gasteiger partial charge in [0, 0.05) is 0 Å². The number of halogens is 1. The molecule has 2 aliphatic heterocycles. The molecule has 0 radical (unpaired) electrons. The van der Waals surface area contributed by atoms with Gasteiger partial charge in [-0.1, -0.05) is 0 Å². The Morgan fingerprint density at radius 1 is 1.40 bits per heavy atom. The van der Waals surface area contributed by atoms with Gasteiger partial charge < -0.3 is 24.4 Å². The maximum absolute atomic E-state index is 12.2. The Balaban J connectivity index is 2.05. The van der Waals surface area contributed by atoms with Gasteiger partial charge in [-0.2, -0.15) is 0 Å². The van der Waals surface area contributed by atoms with Crippen LogP contribution in [-0.2, 0) is 14.2 Å². The van der Waals surface area contributed by atoms with Crippen molar-refractivity contribution >= 4 is 0 Å². The molecule has 2 fully saturated rings. The van der Waals surface area contributed by atoms with Crippen molar-refractivity contribution in [2.45, 2.75) is 50.3 Å². The summed E-state index contributed by atoms with van der Waals surface area (Å²) in [6.45, 7) is 2.43. The highest BCUT2D eigenvalue weighted by molar-refractivity contribution is 4.95. The molecule has 88 valence electrons. The van der Waals surface area contributed by atoms with Crippen LogP contribution in [0.15, 0.2) is 0 Å². The Labute approximate surface area is 86.7 Å². The van der Waals surface area contributed by atoms with Gasteiger partial charge in [0.05, 0.1) is 0 Å². The molecule has 2 rings (SSSR count). The molecular formula is C9H15FO5. The van der Waals surface area contributed by atoms with Crippen LogP contribution in [0, 0.1) is 0 Å². The third-order valence-electron chi connectivity index (χ3n) is 2.59. The molecule has 2 aliphatic rings. The third-order valence-corrected chi connectivity index (χ3v) is 2.59. The molecule has 0 amide bonds. The summed E-state index contributed by atoms with van der Waals surface area (Å²) < 4.78 is 28.1. The second-order valence-electron chi connectivity index (χ2n) is 4.28. The van der Waals surface area contributed by atoms with Gasteiger partial charge in [0.1, 0.15) is 31.1 Å². The molecule has 2 saturated heterocycles. The SMILES string of the molecule is CC1(C)O[C@H]2O[C@H]([C@H](O)CF)[C@H](O)[C@H]2O1. The number of aliphatic hydroxyl groups excluding tert-OH is 2. The first-order chi connectivity index (χ1) is 6.94. The fourth-order valence-electron chi connectivity index (χ4n) is 1.92. The Morgan fingerprint density at radius 2 is 2.07 bits per heavy atom. The first kappa shape index (κ1) is 11.2. The lowest BCUT2D eigenvalue weighted by Gasteiger charge is -2.24. The van der Waals surface area contributed by atoms with Crippen LogP contribution >= 0.6 is 0 Å². The van der Waals surface area contributed by atoms with E-state index in [0.29, 0.717) is 0 Å². The largest absolute Gasteiger partial charge is 0.388 e. The number of aliphatic hydroxyl groups is 2. The van der Waals surface area contributed by atoms with E-state index in [1.165, 1.54) is 0 Å². The normalized spacial score (nSPS) is 45.4. The molecule has 15 heavy (non-hydrogen) atoms. The van der Waals surface area contributed by atoms with Crippen molar-refractivity contribution in [2.75, 3.05) is 6.67 Å². The summed E-state index contributed by atoms with van der Waals surface area (Å²) in [5.41, 5.74) is 0. The van der Waals surface area contributed by atoms with Gasteiger partial charge in [-0.25, -0.2) is 4.39 Å². The van der Waals surface area contributed by atoms with E-state index in [1.807, 2.05) is 0 Å². The zero-order chi connectivity index (χ0) is 11.2. The predicted molar refractivity (Wildman–Crippen MR) is 46.7 cm³/mol. The Bertz CT molecular complexity index is 247. The summed E-state index contributed by atoms with van der Waals surface area (Å²) in [7, 11) is 0. The molecule has 0 saturated carbocycles. The number of hydrogen-bond acceptors (Lipinski definition) is 5. The number of ether oxygens (including phenoxy) is 3. The van der Waals surface area contributed by atoms with Crippen molar-refractivity contribution in [3.05, 3.63) is 0 Å². The van der Waals surface area contributed by atoms with Crippen LogP contribution in [0.3, 0.4) is 0 Å².